The van der Waals surface area contributed by atoms with Gasteiger partial charge in [0.25, 0.3) is 5.91 Å². The van der Waals surface area contributed by atoms with Crippen LogP contribution in [0.3, 0.4) is 0 Å². The molecule has 2 fully saturated rings. The van der Waals surface area contributed by atoms with Crippen LogP contribution in [-0.2, 0) is 13.1 Å². The van der Waals surface area contributed by atoms with Crippen LogP contribution < -0.4 is 9.64 Å². The summed E-state index contributed by atoms with van der Waals surface area (Å²) in [4.78, 5) is 30.0. The number of carbonyl (C=O) groups is 1. The third-order valence-corrected chi connectivity index (χ3v) is 9.39. The van der Waals surface area contributed by atoms with E-state index in [1.165, 1.54) is 0 Å². The van der Waals surface area contributed by atoms with Crippen LogP contribution in [0.2, 0.25) is 0 Å². The number of benzene rings is 2. The number of fused-ring (bicyclic) bond motifs is 2. The Hall–Kier alpha value is -3.17. The van der Waals surface area contributed by atoms with Crippen LogP contribution in [0.4, 0.5) is 5.82 Å². The van der Waals surface area contributed by atoms with Gasteiger partial charge in [-0.3, -0.25) is 4.79 Å². The molecular weight excluding hydrogens is 631 g/mol. The molecule has 1 unspecified atom stereocenters. The number of phenolic OH excluding ortho intramolecular Hbond substituents is 1. The topological polar surface area (TPSA) is 106 Å². The molecule has 2 aliphatic heterocycles. The molecule has 0 bridgehead atoms. The zero-order chi connectivity index (χ0) is 28.7. The maximum atomic E-state index is 14.0. The lowest BCUT2D eigenvalue weighted by molar-refractivity contribution is 0.0752. The second-order valence-electron chi connectivity index (χ2n) is 12.0. The van der Waals surface area contributed by atoms with Crippen LogP contribution in [-0.4, -0.2) is 71.1 Å². The molecule has 3 aliphatic rings. The fourth-order valence-electron chi connectivity index (χ4n) is 6.24. The zero-order valence-corrected chi connectivity index (χ0v) is 25.7. The van der Waals surface area contributed by atoms with Gasteiger partial charge in [-0.15, -0.1) is 0 Å². The fourth-order valence-corrected chi connectivity index (χ4v) is 7.05. The van der Waals surface area contributed by atoms with E-state index in [2.05, 4.69) is 52.6 Å². The molecule has 10 heteroatoms. The molecule has 1 saturated heterocycles. The molecule has 41 heavy (non-hydrogen) atoms. The number of hydrogen-bond acceptors (Lipinski definition) is 8. The van der Waals surface area contributed by atoms with E-state index in [1.807, 2.05) is 18.2 Å². The van der Waals surface area contributed by atoms with Crippen molar-refractivity contribution < 1.29 is 14.6 Å². The molecule has 1 atom stereocenters. The van der Waals surface area contributed by atoms with E-state index in [1.54, 1.807) is 17.0 Å². The van der Waals surface area contributed by atoms with Crippen molar-refractivity contribution in [3.63, 3.8) is 0 Å². The van der Waals surface area contributed by atoms with E-state index >= 15 is 0 Å². The van der Waals surface area contributed by atoms with E-state index in [9.17, 15) is 15.2 Å². The summed E-state index contributed by atoms with van der Waals surface area (Å²) in [5, 5.41) is 21.6. The highest BCUT2D eigenvalue weighted by atomic mass is 127. The Kier molecular flexibility index (Phi) is 7.68. The van der Waals surface area contributed by atoms with Crippen molar-refractivity contribution in [2.75, 3.05) is 45.2 Å². The van der Waals surface area contributed by atoms with Gasteiger partial charge in [0.15, 0.2) is 0 Å². The molecule has 1 N–H and O–H groups in total. The third-order valence-electron chi connectivity index (χ3n) is 8.49. The summed E-state index contributed by atoms with van der Waals surface area (Å²) in [6.45, 7) is 3.79. The molecule has 1 saturated carbocycles. The van der Waals surface area contributed by atoms with Crippen molar-refractivity contribution in [3.05, 3.63) is 50.7 Å². The summed E-state index contributed by atoms with van der Waals surface area (Å²) in [6.07, 6.45) is 4.83. The average Bonchev–Trinajstić information content (AvgIpc) is 3.63. The van der Waals surface area contributed by atoms with Gasteiger partial charge in [-0.05, 0) is 92.4 Å². The number of ether oxygens (including phenoxy) is 1. The number of nitrogens with zero attached hydrogens (tertiary/aromatic N) is 6. The predicted octanol–water partition coefficient (Wildman–Crippen LogP) is 4.95. The van der Waals surface area contributed by atoms with Gasteiger partial charge in [-0.2, -0.15) is 15.2 Å². The van der Waals surface area contributed by atoms with Gasteiger partial charge in [0.2, 0.25) is 0 Å². The molecule has 214 valence electrons. The normalized spacial score (nSPS) is 19.6. The van der Waals surface area contributed by atoms with Crippen LogP contribution in [0.5, 0.6) is 11.8 Å². The number of aromatic hydroxyl groups is 1. The van der Waals surface area contributed by atoms with E-state index in [-0.39, 0.29) is 23.0 Å². The Balaban J connectivity index is 1.32. The van der Waals surface area contributed by atoms with Crippen molar-refractivity contribution >= 4 is 45.1 Å². The Morgan fingerprint density at radius 2 is 2.05 bits per heavy atom. The summed E-state index contributed by atoms with van der Waals surface area (Å²) < 4.78 is 7.23. The summed E-state index contributed by atoms with van der Waals surface area (Å²) in [7, 11) is 4.17. The lowest BCUT2D eigenvalue weighted by Crippen LogP contribution is -2.29. The molecule has 1 amide bonds. The predicted molar refractivity (Wildman–Crippen MR) is 165 cm³/mol. The Labute approximate surface area is 254 Å². The van der Waals surface area contributed by atoms with Gasteiger partial charge in [-0.25, -0.2) is 0 Å². The second-order valence-corrected chi connectivity index (χ2v) is 13.2. The fraction of sp³-hybridized carbons (Fsp3) is 0.484. The first-order valence-corrected chi connectivity index (χ1v) is 15.4. The minimum Gasteiger partial charge on any atom is -0.508 e. The first-order valence-electron chi connectivity index (χ1n) is 14.3. The summed E-state index contributed by atoms with van der Waals surface area (Å²) in [5.41, 5.74) is 2.37. The highest BCUT2D eigenvalue weighted by Gasteiger charge is 2.44. The van der Waals surface area contributed by atoms with E-state index in [4.69, 9.17) is 14.7 Å². The van der Waals surface area contributed by atoms with Crippen molar-refractivity contribution in [1.29, 1.82) is 5.26 Å². The number of phenols is 1. The smallest absolute Gasteiger partial charge is 0.318 e. The second kappa shape index (κ2) is 11.2. The Morgan fingerprint density at radius 1 is 1.22 bits per heavy atom. The van der Waals surface area contributed by atoms with Crippen molar-refractivity contribution in [3.8, 4) is 17.8 Å². The molecule has 9 nitrogen and oxygen atoms in total. The van der Waals surface area contributed by atoms with Crippen LogP contribution in [0, 0.1) is 26.2 Å². The van der Waals surface area contributed by atoms with Crippen molar-refractivity contribution in [2.24, 2.45) is 11.3 Å². The molecule has 1 aliphatic carbocycles. The molecule has 3 aromatic rings. The Bertz CT molecular complexity index is 1530. The number of halogens is 1. The largest absolute Gasteiger partial charge is 0.508 e. The van der Waals surface area contributed by atoms with E-state index in [0.717, 1.165) is 83.2 Å². The molecule has 0 spiro atoms. The number of aromatic nitrogens is 2. The number of hydrogen-bond donors (Lipinski definition) is 1. The van der Waals surface area contributed by atoms with Gasteiger partial charge >= 0.3 is 6.01 Å². The van der Waals surface area contributed by atoms with Gasteiger partial charge < -0.3 is 24.5 Å². The quantitative estimate of drug-likeness (QED) is 0.354. The highest BCUT2D eigenvalue weighted by Crippen LogP contribution is 2.46. The van der Waals surface area contributed by atoms with Crippen LogP contribution in [0.15, 0.2) is 30.3 Å². The minimum atomic E-state index is -0.148. The lowest BCUT2D eigenvalue weighted by Gasteiger charge is -2.25. The molecule has 2 aromatic carbocycles. The maximum absolute atomic E-state index is 14.0. The highest BCUT2D eigenvalue weighted by molar-refractivity contribution is 14.1. The van der Waals surface area contributed by atoms with Crippen molar-refractivity contribution in [1.82, 2.24) is 19.8 Å². The minimum absolute atomic E-state index is 0.0472. The summed E-state index contributed by atoms with van der Waals surface area (Å²) in [5.74, 6) is 0.779. The van der Waals surface area contributed by atoms with Gasteiger partial charge in [0.05, 0.1) is 37.0 Å². The monoisotopic (exact) mass is 666 g/mol. The Morgan fingerprint density at radius 3 is 2.80 bits per heavy atom. The standard InChI is InChI=1S/C31H35IN6O3/c1-36(2)18-31(9-10-31)19-41-30-34-26-17-38(16-24(26)28(35-30)37-11-4-5-20(15-33)8-12-37)29(40)23-14-22(39)13-21-6-3-7-25(32)27(21)23/h3,6-7,13-14,20,39H,4-5,8-12,16-19H2,1-2H3. The number of nitriles is 1. The third kappa shape index (κ3) is 5.79. The number of amides is 1. The number of rotatable bonds is 7. The summed E-state index contributed by atoms with van der Waals surface area (Å²) in [6, 6.07) is 11.9. The van der Waals surface area contributed by atoms with E-state index in [0.29, 0.717) is 31.3 Å². The molecule has 3 heterocycles. The SMILES string of the molecule is CN(C)CC1(COc2nc3c(c(N4CCCC(C#N)CC4)n2)CN(C(=O)c2cc(O)cc4cccc(I)c24)C3)CC1. The molecule has 6 rings (SSSR count). The average molecular weight is 667 g/mol. The van der Waals surface area contributed by atoms with Crippen LogP contribution in [0.25, 0.3) is 10.8 Å². The molecule has 1 aromatic heterocycles. The number of carbonyl (C=O) groups excluding carboxylic acids is 1. The molecule has 0 radical (unpaired) electrons. The summed E-state index contributed by atoms with van der Waals surface area (Å²) >= 11 is 2.24. The maximum Gasteiger partial charge on any atom is 0.318 e. The number of anilines is 1. The van der Waals surface area contributed by atoms with Crippen LogP contribution in [0.1, 0.15) is 53.7 Å². The first kappa shape index (κ1) is 28.0. The lowest BCUT2D eigenvalue weighted by atomic mass is 10.0. The zero-order valence-electron chi connectivity index (χ0n) is 23.6. The molecular formula is C31H35IN6O3. The van der Waals surface area contributed by atoms with Gasteiger partial charge in [0, 0.05) is 45.5 Å². The van der Waals surface area contributed by atoms with Crippen molar-refractivity contribution in [2.45, 2.75) is 45.2 Å². The van der Waals surface area contributed by atoms with Crippen LogP contribution >= 0.6 is 22.6 Å². The van der Waals surface area contributed by atoms with Gasteiger partial charge in [0.1, 0.15) is 11.6 Å². The first-order chi connectivity index (χ1) is 19.7. The van der Waals surface area contributed by atoms with Gasteiger partial charge in [-0.1, -0.05) is 12.1 Å². The van der Waals surface area contributed by atoms with E-state index < -0.39 is 0 Å².